The average molecular weight is 473 g/mol. The molecule has 0 aliphatic heterocycles. The van der Waals surface area contributed by atoms with Crippen LogP contribution < -0.4 is 21.7 Å². The minimum atomic E-state index is -1.19. The molecule has 11 heteroatoms. The van der Waals surface area contributed by atoms with Crippen LogP contribution in [0.3, 0.4) is 0 Å². The molecule has 0 aliphatic carbocycles. The number of aliphatic carboxylic acids is 1. The molecule has 3 amide bonds. The molecule has 0 bridgehead atoms. The number of carbonyl (C=O) groups excluding carboxylic acids is 3. The molecule has 2 rings (SSSR count). The second-order valence-corrected chi connectivity index (χ2v) is 8.44. The van der Waals surface area contributed by atoms with Crippen molar-refractivity contribution in [3.05, 3.63) is 54.1 Å². The van der Waals surface area contributed by atoms with Gasteiger partial charge in [-0.05, 0) is 24.3 Å². The quantitative estimate of drug-likeness (QED) is 0.232. The van der Waals surface area contributed by atoms with Crippen molar-refractivity contribution in [1.82, 2.24) is 25.9 Å². The van der Waals surface area contributed by atoms with Gasteiger partial charge in [-0.25, -0.2) is 4.98 Å². The Hall–Kier alpha value is -3.73. The monoisotopic (exact) mass is 472 g/mol. The Morgan fingerprint density at radius 2 is 1.68 bits per heavy atom. The van der Waals surface area contributed by atoms with Crippen LogP contribution in [0.25, 0.3) is 0 Å². The number of H-pyrrole nitrogens is 1. The molecule has 11 nitrogen and oxygen atoms in total. The Morgan fingerprint density at radius 1 is 1.00 bits per heavy atom. The molecule has 0 spiro atoms. The number of rotatable bonds is 13. The molecule has 3 atom stereocenters. The van der Waals surface area contributed by atoms with Crippen LogP contribution in [0.2, 0.25) is 0 Å². The smallest absolute Gasteiger partial charge is 0.322 e. The van der Waals surface area contributed by atoms with E-state index in [0.29, 0.717) is 12.1 Å². The van der Waals surface area contributed by atoms with Gasteiger partial charge in [-0.15, -0.1) is 0 Å². The van der Waals surface area contributed by atoms with E-state index < -0.39 is 48.4 Å². The molecule has 0 saturated carbocycles. The maximum Gasteiger partial charge on any atom is 0.322 e. The lowest BCUT2D eigenvalue weighted by Crippen LogP contribution is -2.57. The molecule has 0 saturated heterocycles. The van der Waals surface area contributed by atoms with Gasteiger partial charge in [-0.3, -0.25) is 19.2 Å². The Labute approximate surface area is 197 Å². The Balaban J connectivity index is 2.12. The van der Waals surface area contributed by atoms with Crippen molar-refractivity contribution in [2.45, 2.75) is 51.2 Å². The Bertz CT molecular complexity index is 948. The van der Waals surface area contributed by atoms with Gasteiger partial charge < -0.3 is 31.8 Å². The van der Waals surface area contributed by atoms with Crippen LogP contribution in [0.5, 0.6) is 0 Å². The topological polar surface area (TPSA) is 179 Å². The van der Waals surface area contributed by atoms with Crippen molar-refractivity contribution in [2.24, 2.45) is 11.7 Å². The number of nitrogens with two attached hydrogens (primary N) is 1. The number of carbonyl (C=O) groups is 4. The highest BCUT2D eigenvalue weighted by Crippen LogP contribution is 2.08. The lowest BCUT2D eigenvalue weighted by atomic mass is 10.0. The maximum absolute atomic E-state index is 13.1. The van der Waals surface area contributed by atoms with Crippen molar-refractivity contribution < 1.29 is 24.3 Å². The molecule has 1 aromatic carbocycles. The van der Waals surface area contributed by atoms with Crippen molar-refractivity contribution in [3.63, 3.8) is 0 Å². The van der Waals surface area contributed by atoms with Gasteiger partial charge in [0.25, 0.3) is 0 Å². The van der Waals surface area contributed by atoms with Crippen LogP contribution in [0.1, 0.15) is 31.5 Å². The van der Waals surface area contributed by atoms with Gasteiger partial charge in [0.2, 0.25) is 17.7 Å². The molecule has 7 N–H and O–H groups in total. The van der Waals surface area contributed by atoms with Crippen LogP contribution in [0.4, 0.5) is 0 Å². The van der Waals surface area contributed by atoms with Crippen LogP contribution in [-0.4, -0.2) is 63.4 Å². The number of aromatic nitrogens is 2. The highest BCUT2D eigenvalue weighted by Gasteiger charge is 2.29. The first kappa shape index (κ1) is 26.5. The molecule has 0 radical (unpaired) electrons. The molecule has 1 heterocycles. The maximum atomic E-state index is 13.1. The van der Waals surface area contributed by atoms with Gasteiger partial charge in [-0.1, -0.05) is 44.2 Å². The van der Waals surface area contributed by atoms with Gasteiger partial charge in [0, 0.05) is 18.3 Å². The third-order valence-electron chi connectivity index (χ3n) is 5.00. The second kappa shape index (κ2) is 13.1. The van der Waals surface area contributed by atoms with Crippen molar-refractivity contribution in [3.8, 4) is 0 Å². The molecule has 2 aromatic rings. The van der Waals surface area contributed by atoms with Crippen LogP contribution in [0, 0.1) is 5.92 Å². The highest BCUT2D eigenvalue weighted by molar-refractivity contribution is 5.93. The van der Waals surface area contributed by atoms with Gasteiger partial charge in [0.15, 0.2) is 0 Å². The zero-order valence-electron chi connectivity index (χ0n) is 19.3. The van der Waals surface area contributed by atoms with E-state index >= 15 is 0 Å². The minimum absolute atomic E-state index is 0.0424. The van der Waals surface area contributed by atoms with Gasteiger partial charge in [0.1, 0.15) is 18.6 Å². The van der Waals surface area contributed by atoms with E-state index in [2.05, 4.69) is 25.9 Å². The summed E-state index contributed by atoms with van der Waals surface area (Å²) in [5.41, 5.74) is 7.56. The van der Waals surface area contributed by atoms with Crippen molar-refractivity contribution >= 4 is 23.7 Å². The summed E-state index contributed by atoms with van der Waals surface area (Å²) in [4.78, 5) is 56.0. The molecular formula is C23H32N6O5. The highest BCUT2D eigenvalue weighted by atomic mass is 16.4. The number of aromatic amines is 1. The Kier molecular flexibility index (Phi) is 10.2. The molecule has 34 heavy (non-hydrogen) atoms. The lowest BCUT2D eigenvalue weighted by Gasteiger charge is -2.24. The predicted octanol–water partition coefficient (Wildman–Crippen LogP) is -0.261. The van der Waals surface area contributed by atoms with Crippen LogP contribution in [-0.2, 0) is 32.0 Å². The number of hydrogen-bond donors (Lipinski definition) is 6. The lowest BCUT2D eigenvalue weighted by molar-refractivity contribution is -0.138. The van der Waals surface area contributed by atoms with E-state index in [1.165, 1.54) is 12.5 Å². The van der Waals surface area contributed by atoms with E-state index in [1.54, 1.807) is 0 Å². The van der Waals surface area contributed by atoms with E-state index in [0.717, 1.165) is 5.56 Å². The van der Waals surface area contributed by atoms with Crippen LogP contribution in [0.15, 0.2) is 42.9 Å². The third kappa shape index (κ3) is 9.02. The van der Waals surface area contributed by atoms with E-state index in [9.17, 15) is 19.2 Å². The molecule has 0 aliphatic rings. The summed E-state index contributed by atoms with van der Waals surface area (Å²) >= 11 is 0. The Morgan fingerprint density at radius 3 is 2.26 bits per heavy atom. The number of hydrogen-bond acceptors (Lipinski definition) is 6. The molecular weight excluding hydrogens is 440 g/mol. The molecule has 3 unspecified atom stereocenters. The number of imidazole rings is 1. The molecule has 184 valence electrons. The fourth-order valence-corrected chi connectivity index (χ4v) is 3.33. The first-order chi connectivity index (χ1) is 16.2. The summed E-state index contributed by atoms with van der Waals surface area (Å²) in [6.07, 6.45) is 3.66. The first-order valence-corrected chi connectivity index (χ1v) is 11.0. The number of nitrogens with one attached hydrogen (secondary N) is 4. The number of carboxylic acids is 1. The number of nitrogens with zero attached hydrogens (tertiary/aromatic N) is 1. The van der Waals surface area contributed by atoms with Crippen molar-refractivity contribution in [2.75, 3.05) is 6.54 Å². The summed E-state index contributed by atoms with van der Waals surface area (Å²) in [5.74, 6) is -2.87. The average Bonchev–Trinajstić information content (AvgIpc) is 3.30. The summed E-state index contributed by atoms with van der Waals surface area (Å²) < 4.78 is 0. The summed E-state index contributed by atoms with van der Waals surface area (Å²) in [6, 6.07) is 6.38. The standard InChI is InChI=1S/C23H32N6O5/c1-14(2)8-18(22(33)26-12-20(30)31)29-23(34)19(10-16-11-25-13-27-16)28-21(32)17(24)9-15-6-4-3-5-7-15/h3-7,11,13-14,17-19H,8-10,12,24H2,1-2H3,(H,25,27)(H,26,33)(H,28,32)(H,29,34)(H,30,31). The fourth-order valence-electron chi connectivity index (χ4n) is 3.33. The largest absolute Gasteiger partial charge is 0.480 e. The molecule has 1 aromatic heterocycles. The normalized spacial score (nSPS) is 13.5. The van der Waals surface area contributed by atoms with E-state index in [-0.39, 0.29) is 18.8 Å². The number of benzene rings is 1. The summed E-state index contributed by atoms with van der Waals surface area (Å²) in [7, 11) is 0. The van der Waals surface area contributed by atoms with Gasteiger partial charge >= 0.3 is 5.97 Å². The molecule has 0 fully saturated rings. The number of amides is 3. The predicted molar refractivity (Wildman–Crippen MR) is 124 cm³/mol. The van der Waals surface area contributed by atoms with Gasteiger partial charge in [0.05, 0.1) is 12.4 Å². The summed E-state index contributed by atoms with van der Waals surface area (Å²) in [5, 5.41) is 16.4. The SMILES string of the molecule is CC(C)CC(NC(=O)C(Cc1cnc[nH]1)NC(=O)C(N)Cc1ccccc1)C(=O)NCC(=O)O. The number of carboxylic acid groups (broad SMARTS) is 1. The third-order valence-corrected chi connectivity index (χ3v) is 5.00. The first-order valence-electron chi connectivity index (χ1n) is 11.0. The summed E-state index contributed by atoms with van der Waals surface area (Å²) in [6.45, 7) is 3.18. The van der Waals surface area contributed by atoms with Crippen LogP contribution >= 0.6 is 0 Å². The minimum Gasteiger partial charge on any atom is -0.480 e. The van der Waals surface area contributed by atoms with E-state index in [4.69, 9.17) is 10.8 Å². The zero-order chi connectivity index (χ0) is 25.1. The van der Waals surface area contributed by atoms with Gasteiger partial charge in [-0.2, -0.15) is 0 Å². The second-order valence-electron chi connectivity index (χ2n) is 8.44. The fraction of sp³-hybridized carbons (Fsp3) is 0.435. The van der Waals surface area contributed by atoms with Crippen molar-refractivity contribution in [1.29, 1.82) is 0 Å². The van der Waals surface area contributed by atoms with E-state index in [1.807, 2.05) is 44.2 Å². The zero-order valence-corrected chi connectivity index (χ0v) is 19.3.